The van der Waals surface area contributed by atoms with Gasteiger partial charge in [-0.25, -0.2) is 0 Å². The fourth-order valence-corrected chi connectivity index (χ4v) is 3.02. The first-order chi connectivity index (χ1) is 10.0. The predicted octanol–water partition coefficient (Wildman–Crippen LogP) is 5.83. The minimum absolute atomic E-state index is 0.478. The number of nitriles is 1. The molecule has 0 amide bonds. The van der Waals surface area contributed by atoms with Crippen molar-refractivity contribution < 1.29 is 4.74 Å². The minimum atomic E-state index is 0.478. The molecule has 0 fully saturated rings. The summed E-state index contributed by atoms with van der Waals surface area (Å²) in [5.41, 5.74) is 2.13. The standard InChI is InChI=1S/C16H10BrCl2NO/c1-21-16-14(17)7-10(8-15(16)19)6-12(9-20)11-2-4-13(18)5-3-11/h2-8H,1H3/b12-6+. The van der Waals surface area contributed by atoms with Crippen LogP contribution in [0, 0.1) is 11.3 Å². The summed E-state index contributed by atoms with van der Waals surface area (Å²) < 4.78 is 5.91. The SMILES string of the molecule is COc1c(Cl)cc(/C=C(\C#N)c2ccc(Cl)cc2)cc1Br. The molecule has 2 nitrogen and oxygen atoms in total. The number of ether oxygens (including phenoxy) is 1. The molecule has 0 unspecified atom stereocenters. The number of methoxy groups -OCH3 is 1. The number of rotatable bonds is 3. The van der Waals surface area contributed by atoms with E-state index in [2.05, 4.69) is 22.0 Å². The second-order valence-electron chi connectivity index (χ2n) is 4.19. The number of halogens is 3. The van der Waals surface area contributed by atoms with Crippen molar-refractivity contribution in [1.29, 1.82) is 5.26 Å². The van der Waals surface area contributed by atoms with E-state index >= 15 is 0 Å². The van der Waals surface area contributed by atoms with Gasteiger partial charge in [0.15, 0.2) is 5.75 Å². The van der Waals surface area contributed by atoms with E-state index in [9.17, 15) is 5.26 Å². The third-order valence-corrected chi connectivity index (χ3v) is 3.93. The summed E-state index contributed by atoms with van der Waals surface area (Å²) in [5, 5.41) is 10.4. The Morgan fingerprint density at radius 3 is 2.43 bits per heavy atom. The molecule has 0 radical (unpaired) electrons. The van der Waals surface area contributed by atoms with Gasteiger partial charge in [-0.1, -0.05) is 35.3 Å². The van der Waals surface area contributed by atoms with E-state index in [1.807, 2.05) is 6.07 Å². The highest BCUT2D eigenvalue weighted by Gasteiger charge is 2.08. The first-order valence-electron chi connectivity index (χ1n) is 5.96. The van der Waals surface area contributed by atoms with Crippen molar-refractivity contribution in [3.8, 4) is 11.8 Å². The minimum Gasteiger partial charge on any atom is -0.494 e. The summed E-state index contributed by atoms with van der Waals surface area (Å²) in [5.74, 6) is 0.568. The summed E-state index contributed by atoms with van der Waals surface area (Å²) in [6, 6.07) is 12.9. The average molecular weight is 383 g/mol. The lowest BCUT2D eigenvalue weighted by Crippen LogP contribution is -1.88. The number of nitrogens with zero attached hydrogens (tertiary/aromatic N) is 1. The molecule has 0 aromatic heterocycles. The Bertz CT molecular complexity index is 710. The van der Waals surface area contributed by atoms with E-state index < -0.39 is 0 Å². The van der Waals surface area contributed by atoms with Crippen molar-refractivity contribution in [2.45, 2.75) is 0 Å². The molecule has 0 saturated heterocycles. The third-order valence-electron chi connectivity index (χ3n) is 2.81. The van der Waals surface area contributed by atoms with Gasteiger partial charge in [-0.3, -0.25) is 0 Å². The number of hydrogen-bond acceptors (Lipinski definition) is 2. The molecule has 0 atom stereocenters. The molecule has 21 heavy (non-hydrogen) atoms. The fraction of sp³-hybridized carbons (Fsp3) is 0.0625. The van der Waals surface area contributed by atoms with Crippen LogP contribution >= 0.6 is 39.1 Å². The maximum absolute atomic E-state index is 9.33. The van der Waals surface area contributed by atoms with Gasteiger partial charge in [0, 0.05) is 5.02 Å². The van der Waals surface area contributed by atoms with E-state index in [-0.39, 0.29) is 0 Å². The highest BCUT2D eigenvalue weighted by molar-refractivity contribution is 9.10. The molecule has 0 spiro atoms. The van der Waals surface area contributed by atoms with Gasteiger partial charge < -0.3 is 4.74 Å². The van der Waals surface area contributed by atoms with Crippen LogP contribution < -0.4 is 4.74 Å². The predicted molar refractivity (Wildman–Crippen MR) is 90.6 cm³/mol. The van der Waals surface area contributed by atoms with Crippen molar-refractivity contribution in [3.63, 3.8) is 0 Å². The molecule has 0 bridgehead atoms. The molecule has 0 aliphatic heterocycles. The van der Waals surface area contributed by atoms with Crippen molar-refractivity contribution in [1.82, 2.24) is 0 Å². The first kappa shape index (κ1) is 15.9. The van der Waals surface area contributed by atoms with E-state index in [4.69, 9.17) is 27.9 Å². The normalized spacial score (nSPS) is 11.1. The van der Waals surface area contributed by atoms with Crippen LogP contribution in [0.5, 0.6) is 5.75 Å². The van der Waals surface area contributed by atoms with E-state index in [1.54, 1.807) is 43.5 Å². The zero-order valence-electron chi connectivity index (χ0n) is 11.0. The van der Waals surface area contributed by atoms with Crippen molar-refractivity contribution in [3.05, 3.63) is 62.0 Å². The lowest BCUT2D eigenvalue weighted by atomic mass is 10.0. The van der Waals surface area contributed by atoms with Gasteiger partial charge in [-0.2, -0.15) is 5.26 Å². The summed E-state index contributed by atoms with van der Waals surface area (Å²) >= 11 is 15.4. The molecule has 106 valence electrons. The second kappa shape index (κ2) is 7.00. The fourth-order valence-electron chi connectivity index (χ4n) is 1.83. The molecular weight excluding hydrogens is 373 g/mol. The zero-order chi connectivity index (χ0) is 15.4. The lowest BCUT2D eigenvalue weighted by Gasteiger charge is -2.07. The summed E-state index contributed by atoms with van der Waals surface area (Å²) in [6.45, 7) is 0. The Kier molecular flexibility index (Phi) is 5.30. The molecular formula is C16H10BrCl2NO. The maximum atomic E-state index is 9.33. The topological polar surface area (TPSA) is 33.0 Å². The third kappa shape index (κ3) is 3.79. The van der Waals surface area contributed by atoms with Gasteiger partial charge in [0.25, 0.3) is 0 Å². The highest BCUT2D eigenvalue weighted by Crippen LogP contribution is 2.35. The average Bonchev–Trinajstić information content (AvgIpc) is 2.45. The highest BCUT2D eigenvalue weighted by atomic mass is 79.9. The lowest BCUT2D eigenvalue weighted by molar-refractivity contribution is 0.412. The Morgan fingerprint density at radius 2 is 1.90 bits per heavy atom. The van der Waals surface area contributed by atoms with E-state index in [0.717, 1.165) is 15.6 Å². The van der Waals surface area contributed by atoms with Crippen LogP contribution in [0.4, 0.5) is 0 Å². The number of hydrogen-bond donors (Lipinski definition) is 0. The largest absolute Gasteiger partial charge is 0.494 e. The van der Waals surface area contributed by atoms with Gasteiger partial charge in [-0.05, 0) is 57.4 Å². The van der Waals surface area contributed by atoms with Crippen LogP contribution in [-0.4, -0.2) is 7.11 Å². The molecule has 0 N–H and O–H groups in total. The van der Waals surface area contributed by atoms with Gasteiger partial charge in [0.1, 0.15) is 0 Å². The molecule has 0 saturated carbocycles. The van der Waals surface area contributed by atoms with Crippen LogP contribution in [-0.2, 0) is 0 Å². The van der Waals surface area contributed by atoms with Crippen LogP contribution in [0.2, 0.25) is 10.0 Å². The summed E-state index contributed by atoms with van der Waals surface area (Å²) in [7, 11) is 1.55. The Balaban J connectivity index is 2.46. The molecule has 2 aromatic rings. The Hall–Kier alpha value is -1.47. The Labute approximate surface area is 141 Å². The van der Waals surface area contributed by atoms with Crippen molar-refractivity contribution in [2.75, 3.05) is 7.11 Å². The molecule has 0 heterocycles. The number of benzene rings is 2. The molecule has 0 aliphatic rings. The van der Waals surface area contributed by atoms with Gasteiger partial charge in [0.05, 0.1) is 28.2 Å². The first-order valence-corrected chi connectivity index (χ1v) is 7.51. The summed E-state index contributed by atoms with van der Waals surface area (Å²) in [4.78, 5) is 0. The van der Waals surface area contributed by atoms with Crippen LogP contribution in [0.15, 0.2) is 40.9 Å². The van der Waals surface area contributed by atoms with Gasteiger partial charge >= 0.3 is 0 Å². The van der Waals surface area contributed by atoms with Gasteiger partial charge in [0.2, 0.25) is 0 Å². The molecule has 2 rings (SSSR count). The maximum Gasteiger partial charge on any atom is 0.151 e. The zero-order valence-corrected chi connectivity index (χ0v) is 14.1. The van der Waals surface area contributed by atoms with Crippen LogP contribution in [0.25, 0.3) is 11.6 Å². The van der Waals surface area contributed by atoms with E-state index in [0.29, 0.717) is 21.4 Å². The molecule has 2 aromatic carbocycles. The van der Waals surface area contributed by atoms with E-state index in [1.165, 1.54) is 0 Å². The quantitative estimate of drug-likeness (QED) is 0.494. The number of allylic oxidation sites excluding steroid dienone is 1. The Morgan fingerprint density at radius 1 is 1.24 bits per heavy atom. The van der Waals surface area contributed by atoms with Crippen LogP contribution in [0.3, 0.4) is 0 Å². The monoisotopic (exact) mass is 381 g/mol. The van der Waals surface area contributed by atoms with Crippen LogP contribution in [0.1, 0.15) is 11.1 Å². The van der Waals surface area contributed by atoms with Gasteiger partial charge in [-0.15, -0.1) is 0 Å². The van der Waals surface area contributed by atoms with Crippen molar-refractivity contribution >= 4 is 50.8 Å². The summed E-state index contributed by atoms with van der Waals surface area (Å²) in [6.07, 6.45) is 1.76. The molecule has 0 aliphatic carbocycles. The molecule has 5 heteroatoms. The second-order valence-corrected chi connectivity index (χ2v) is 5.89. The smallest absolute Gasteiger partial charge is 0.151 e. The van der Waals surface area contributed by atoms with Crippen molar-refractivity contribution in [2.24, 2.45) is 0 Å².